The normalized spacial score (nSPS) is 18.7. The predicted octanol–water partition coefficient (Wildman–Crippen LogP) is 3.29. The summed E-state index contributed by atoms with van der Waals surface area (Å²) in [5, 5.41) is 10.8. The molecule has 0 bridgehead atoms. The summed E-state index contributed by atoms with van der Waals surface area (Å²) in [5.41, 5.74) is 0.458. The van der Waals surface area contributed by atoms with Crippen LogP contribution in [0.15, 0.2) is 24.3 Å². The Morgan fingerprint density at radius 3 is 2.44 bits per heavy atom. The molecule has 1 aromatic carbocycles. The number of benzene rings is 1. The molecule has 7 nitrogen and oxygen atoms in total. The first kappa shape index (κ1) is 19.7. The molecule has 0 saturated carbocycles. The number of carbonyl (C=O) groups is 2. The van der Waals surface area contributed by atoms with Crippen molar-refractivity contribution in [3.05, 3.63) is 39.9 Å². The fourth-order valence-electron chi connectivity index (χ4n) is 3.78. The molecule has 0 radical (unpaired) electrons. The maximum absolute atomic E-state index is 13.0. The van der Waals surface area contributed by atoms with Gasteiger partial charge in [-0.05, 0) is 31.4 Å². The van der Waals surface area contributed by atoms with E-state index in [0.29, 0.717) is 31.6 Å². The van der Waals surface area contributed by atoms with Gasteiger partial charge >= 0.3 is 0 Å². The summed E-state index contributed by atoms with van der Waals surface area (Å²) in [5.74, 6) is 1.01. The SMILES string of the molecule is CCCCC(=O)N1CCC2(CC1)SCCN2C(=O)c1ccc([N+](=O)[O-])cc1. The van der Waals surface area contributed by atoms with Gasteiger partial charge in [-0.15, -0.1) is 11.8 Å². The van der Waals surface area contributed by atoms with E-state index in [1.165, 1.54) is 24.3 Å². The van der Waals surface area contributed by atoms with E-state index in [9.17, 15) is 19.7 Å². The average molecular weight is 391 g/mol. The molecule has 1 aromatic rings. The van der Waals surface area contributed by atoms with Crippen molar-refractivity contribution in [3.8, 4) is 0 Å². The molecule has 0 aromatic heterocycles. The molecule has 1 spiro atoms. The highest BCUT2D eigenvalue weighted by molar-refractivity contribution is 8.00. The number of rotatable bonds is 5. The van der Waals surface area contributed by atoms with Crippen molar-refractivity contribution in [1.82, 2.24) is 9.80 Å². The van der Waals surface area contributed by atoms with Crippen LogP contribution >= 0.6 is 11.8 Å². The molecule has 3 rings (SSSR count). The van der Waals surface area contributed by atoms with Gasteiger partial charge in [0.15, 0.2) is 0 Å². The van der Waals surface area contributed by atoms with Crippen LogP contribution in [0.2, 0.25) is 0 Å². The van der Waals surface area contributed by atoms with Crippen LogP contribution in [-0.2, 0) is 4.79 Å². The number of non-ortho nitro benzene ring substituents is 1. The van der Waals surface area contributed by atoms with Crippen LogP contribution in [-0.4, -0.2) is 56.8 Å². The number of hydrogen-bond donors (Lipinski definition) is 0. The molecule has 0 atom stereocenters. The fraction of sp³-hybridized carbons (Fsp3) is 0.579. The molecular formula is C19H25N3O4S. The minimum atomic E-state index is -0.466. The zero-order valence-corrected chi connectivity index (χ0v) is 16.4. The summed E-state index contributed by atoms with van der Waals surface area (Å²) < 4.78 is 0. The molecule has 0 unspecified atom stereocenters. The van der Waals surface area contributed by atoms with E-state index >= 15 is 0 Å². The first-order chi connectivity index (χ1) is 13.0. The van der Waals surface area contributed by atoms with E-state index in [2.05, 4.69) is 6.92 Å². The Morgan fingerprint density at radius 2 is 1.85 bits per heavy atom. The Morgan fingerprint density at radius 1 is 1.19 bits per heavy atom. The number of nitro benzene ring substituents is 1. The third-order valence-corrected chi connectivity index (χ3v) is 6.94. The lowest BCUT2D eigenvalue weighted by atomic mass is 10.00. The van der Waals surface area contributed by atoms with Crippen molar-refractivity contribution >= 4 is 29.3 Å². The number of piperidine rings is 1. The molecule has 146 valence electrons. The van der Waals surface area contributed by atoms with Crippen molar-refractivity contribution in [2.24, 2.45) is 0 Å². The molecule has 2 amide bonds. The highest BCUT2D eigenvalue weighted by atomic mass is 32.2. The highest BCUT2D eigenvalue weighted by Crippen LogP contribution is 2.44. The van der Waals surface area contributed by atoms with Gasteiger partial charge in [0.25, 0.3) is 11.6 Å². The van der Waals surface area contributed by atoms with E-state index in [4.69, 9.17) is 0 Å². The number of amides is 2. The van der Waals surface area contributed by atoms with Gasteiger partial charge in [-0.1, -0.05) is 13.3 Å². The molecular weight excluding hydrogens is 366 g/mol. The summed E-state index contributed by atoms with van der Waals surface area (Å²) in [6, 6.07) is 5.80. The van der Waals surface area contributed by atoms with E-state index in [1.54, 1.807) is 11.8 Å². The largest absolute Gasteiger partial charge is 0.342 e. The second-order valence-electron chi connectivity index (χ2n) is 7.04. The quantitative estimate of drug-likeness (QED) is 0.568. The Bertz CT molecular complexity index is 714. The van der Waals surface area contributed by atoms with Crippen molar-refractivity contribution < 1.29 is 14.5 Å². The molecule has 2 aliphatic heterocycles. The van der Waals surface area contributed by atoms with Gasteiger partial charge in [0.2, 0.25) is 5.91 Å². The van der Waals surface area contributed by atoms with Crippen LogP contribution in [0.4, 0.5) is 5.69 Å². The van der Waals surface area contributed by atoms with Crippen LogP contribution in [0.3, 0.4) is 0 Å². The van der Waals surface area contributed by atoms with Gasteiger partial charge in [-0.25, -0.2) is 0 Å². The van der Waals surface area contributed by atoms with Crippen LogP contribution in [0.1, 0.15) is 49.4 Å². The van der Waals surface area contributed by atoms with E-state index in [0.717, 1.165) is 31.4 Å². The van der Waals surface area contributed by atoms with Crippen LogP contribution < -0.4 is 0 Å². The molecule has 0 aliphatic carbocycles. The van der Waals surface area contributed by atoms with Crippen LogP contribution in [0.25, 0.3) is 0 Å². The molecule has 2 saturated heterocycles. The maximum Gasteiger partial charge on any atom is 0.269 e. The van der Waals surface area contributed by atoms with E-state index in [1.807, 2.05) is 9.80 Å². The number of nitro groups is 1. The van der Waals surface area contributed by atoms with Gasteiger partial charge in [0.1, 0.15) is 0 Å². The smallest absolute Gasteiger partial charge is 0.269 e. The predicted molar refractivity (Wildman–Crippen MR) is 105 cm³/mol. The molecule has 27 heavy (non-hydrogen) atoms. The molecule has 2 aliphatic rings. The third-order valence-electron chi connectivity index (χ3n) is 5.39. The van der Waals surface area contributed by atoms with E-state index in [-0.39, 0.29) is 22.4 Å². The number of nitrogens with zero attached hydrogens (tertiary/aromatic N) is 3. The fourth-order valence-corrected chi connectivity index (χ4v) is 5.24. The number of thioether (sulfide) groups is 1. The average Bonchev–Trinajstić information content (AvgIpc) is 3.09. The molecule has 2 fully saturated rings. The monoisotopic (exact) mass is 391 g/mol. The lowest BCUT2D eigenvalue weighted by Gasteiger charge is -2.44. The van der Waals surface area contributed by atoms with Crippen LogP contribution in [0, 0.1) is 10.1 Å². The Kier molecular flexibility index (Phi) is 6.04. The summed E-state index contributed by atoms with van der Waals surface area (Å²) in [4.78, 5) is 39.2. The minimum absolute atomic E-state index is 0.0176. The van der Waals surface area contributed by atoms with Gasteiger partial charge < -0.3 is 9.80 Å². The van der Waals surface area contributed by atoms with E-state index < -0.39 is 4.92 Å². The summed E-state index contributed by atoms with van der Waals surface area (Å²) in [6.45, 7) is 4.11. The zero-order chi connectivity index (χ0) is 19.4. The summed E-state index contributed by atoms with van der Waals surface area (Å²) in [6.07, 6.45) is 4.07. The lowest BCUT2D eigenvalue weighted by Crippen LogP contribution is -2.53. The van der Waals surface area contributed by atoms with Crippen molar-refractivity contribution in [2.45, 2.75) is 43.9 Å². The van der Waals surface area contributed by atoms with Crippen LogP contribution in [0.5, 0.6) is 0 Å². The van der Waals surface area contributed by atoms with Crippen molar-refractivity contribution in [3.63, 3.8) is 0 Å². The third kappa shape index (κ3) is 4.10. The first-order valence-corrected chi connectivity index (χ1v) is 10.4. The Hall–Kier alpha value is -2.09. The molecule has 0 N–H and O–H groups in total. The highest BCUT2D eigenvalue weighted by Gasteiger charge is 2.47. The lowest BCUT2D eigenvalue weighted by molar-refractivity contribution is -0.384. The summed E-state index contributed by atoms with van der Waals surface area (Å²) in [7, 11) is 0. The summed E-state index contributed by atoms with van der Waals surface area (Å²) >= 11 is 1.80. The number of hydrogen-bond acceptors (Lipinski definition) is 5. The van der Waals surface area contributed by atoms with Gasteiger partial charge in [-0.2, -0.15) is 0 Å². The van der Waals surface area contributed by atoms with Crippen molar-refractivity contribution in [1.29, 1.82) is 0 Å². The topological polar surface area (TPSA) is 83.8 Å². The number of carbonyl (C=O) groups excluding carboxylic acids is 2. The van der Waals surface area contributed by atoms with Gasteiger partial charge in [-0.3, -0.25) is 19.7 Å². The number of unbranched alkanes of at least 4 members (excludes halogenated alkanes) is 1. The van der Waals surface area contributed by atoms with Crippen molar-refractivity contribution in [2.75, 3.05) is 25.4 Å². The second-order valence-corrected chi connectivity index (χ2v) is 8.50. The van der Waals surface area contributed by atoms with Gasteiger partial charge in [0, 0.05) is 49.5 Å². The first-order valence-electron chi connectivity index (χ1n) is 9.45. The number of likely N-dealkylation sites (tertiary alicyclic amines) is 1. The minimum Gasteiger partial charge on any atom is -0.342 e. The molecule has 2 heterocycles. The standard InChI is InChI=1S/C19H25N3O4S/c1-2-3-4-17(23)20-11-9-19(10-12-20)21(13-14-27-19)18(24)15-5-7-16(8-6-15)22(25)26/h5-8H,2-4,9-14H2,1H3. The molecule has 8 heteroatoms. The Balaban J connectivity index is 1.67. The zero-order valence-electron chi connectivity index (χ0n) is 15.6. The Labute approximate surface area is 163 Å². The van der Waals surface area contributed by atoms with Gasteiger partial charge in [0.05, 0.1) is 9.79 Å². The second kappa shape index (κ2) is 8.29. The maximum atomic E-state index is 13.0.